The van der Waals surface area contributed by atoms with Crippen LogP contribution in [0.1, 0.15) is 11.1 Å². The number of ether oxygens (including phenoxy) is 1. The smallest absolute Gasteiger partial charge is 0.406 e. The van der Waals surface area contributed by atoms with Gasteiger partial charge in [-0.2, -0.15) is 13.2 Å². The largest absolute Gasteiger partial charge is 0.497 e. The summed E-state index contributed by atoms with van der Waals surface area (Å²) in [4.78, 5) is 13.3. The molecule has 0 aliphatic heterocycles. The van der Waals surface area contributed by atoms with Gasteiger partial charge in [0.2, 0.25) is 11.0 Å². The van der Waals surface area contributed by atoms with E-state index in [-0.39, 0.29) is 12.3 Å². The molecule has 0 fully saturated rings. The topological polar surface area (TPSA) is 67.3 Å². The number of hydrogen-bond acceptors (Lipinski definition) is 7. The highest BCUT2D eigenvalue weighted by molar-refractivity contribution is 8.01. The van der Waals surface area contributed by atoms with Crippen molar-refractivity contribution in [1.82, 2.24) is 15.1 Å². The monoisotopic (exact) mass is 482 g/mol. The van der Waals surface area contributed by atoms with Crippen molar-refractivity contribution >= 4 is 34.1 Å². The number of alkyl halides is 3. The van der Waals surface area contributed by atoms with E-state index in [0.29, 0.717) is 21.6 Å². The van der Waals surface area contributed by atoms with Gasteiger partial charge in [0.25, 0.3) is 0 Å². The standard InChI is InChI=1S/C21H21F3N4O2S2/c1-30-17-9-7-15(8-10-17)11-25-19-26-27-20(32-19)31-13-18(29)28(14-21(22,23)24)12-16-5-3-2-4-6-16/h2-10H,11-14H2,1H3,(H,25,26). The van der Waals surface area contributed by atoms with E-state index in [1.807, 2.05) is 24.3 Å². The molecule has 0 saturated carbocycles. The molecule has 6 nitrogen and oxygen atoms in total. The average molecular weight is 483 g/mol. The van der Waals surface area contributed by atoms with Gasteiger partial charge in [-0.15, -0.1) is 10.2 Å². The highest BCUT2D eigenvalue weighted by atomic mass is 32.2. The summed E-state index contributed by atoms with van der Waals surface area (Å²) in [7, 11) is 1.60. The maximum absolute atomic E-state index is 13.0. The molecule has 0 aliphatic rings. The molecule has 0 saturated heterocycles. The fourth-order valence-corrected chi connectivity index (χ4v) is 4.38. The van der Waals surface area contributed by atoms with Crippen LogP contribution in [-0.2, 0) is 17.9 Å². The van der Waals surface area contributed by atoms with Crippen molar-refractivity contribution in [2.75, 3.05) is 24.7 Å². The third-order valence-corrected chi connectivity index (χ3v) is 6.27. The molecular formula is C21H21F3N4O2S2. The molecule has 2 aromatic carbocycles. The number of methoxy groups -OCH3 is 1. The SMILES string of the molecule is COc1ccc(CNc2nnc(SCC(=O)N(Cc3ccccc3)CC(F)(F)F)s2)cc1. The molecule has 1 heterocycles. The lowest BCUT2D eigenvalue weighted by molar-refractivity contribution is -0.160. The number of amides is 1. The number of carbonyl (C=O) groups is 1. The van der Waals surface area contributed by atoms with Gasteiger partial charge in [-0.25, -0.2) is 0 Å². The van der Waals surface area contributed by atoms with E-state index in [4.69, 9.17) is 4.74 Å². The Kier molecular flexibility index (Phi) is 8.34. The number of carbonyl (C=O) groups excluding carboxylic acids is 1. The molecule has 1 amide bonds. The molecule has 0 spiro atoms. The van der Waals surface area contributed by atoms with Crippen molar-refractivity contribution in [1.29, 1.82) is 0 Å². The summed E-state index contributed by atoms with van der Waals surface area (Å²) in [5, 5.41) is 11.7. The first-order valence-electron chi connectivity index (χ1n) is 9.54. The van der Waals surface area contributed by atoms with Crippen molar-refractivity contribution in [3.63, 3.8) is 0 Å². The van der Waals surface area contributed by atoms with Crippen molar-refractivity contribution < 1.29 is 22.7 Å². The van der Waals surface area contributed by atoms with Crippen LogP contribution in [0.3, 0.4) is 0 Å². The molecule has 3 aromatic rings. The fraction of sp³-hybridized carbons (Fsp3) is 0.286. The third-order valence-electron chi connectivity index (χ3n) is 4.27. The van der Waals surface area contributed by atoms with Gasteiger partial charge in [0.05, 0.1) is 12.9 Å². The summed E-state index contributed by atoms with van der Waals surface area (Å²) in [6.45, 7) is -0.880. The summed E-state index contributed by atoms with van der Waals surface area (Å²) in [5.74, 6) is -0.00490. The normalized spacial score (nSPS) is 11.2. The van der Waals surface area contributed by atoms with Crippen LogP contribution >= 0.6 is 23.1 Å². The molecule has 170 valence electrons. The van der Waals surface area contributed by atoms with Gasteiger partial charge in [0.15, 0.2) is 4.34 Å². The molecular weight excluding hydrogens is 461 g/mol. The van der Waals surface area contributed by atoms with E-state index < -0.39 is 18.6 Å². The maximum atomic E-state index is 13.0. The number of anilines is 1. The molecule has 0 bridgehead atoms. The van der Waals surface area contributed by atoms with Crippen LogP contribution in [0.4, 0.5) is 18.3 Å². The number of halogens is 3. The second kappa shape index (κ2) is 11.2. The Balaban J connectivity index is 1.53. The predicted molar refractivity (Wildman–Crippen MR) is 119 cm³/mol. The Bertz CT molecular complexity index is 998. The zero-order valence-electron chi connectivity index (χ0n) is 17.1. The van der Waals surface area contributed by atoms with Crippen molar-refractivity contribution in [2.24, 2.45) is 0 Å². The van der Waals surface area contributed by atoms with E-state index in [1.54, 1.807) is 37.4 Å². The number of thioether (sulfide) groups is 1. The van der Waals surface area contributed by atoms with Gasteiger partial charge in [-0.3, -0.25) is 4.79 Å². The molecule has 0 aliphatic carbocycles. The van der Waals surface area contributed by atoms with Gasteiger partial charge >= 0.3 is 6.18 Å². The summed E-state index contributed by atoms with van der Waals surface area (Å²) in [5.41, 5.74) is 1.66. The number of nitrogens with one attached hydrogen (secondary N) is 1. The van der Waals surface area contributed by atoms with Crippen LogP contribution in [0.25, 0.3) is 0 Å². The summed E-state index contributed by atoms with van der Waals surface area (Å²) in [6.07, 6.45) is -4.48. The van der Waals surface area contributed by atoms with E-state index in [1.165, 1.54) is 11.3 Å². The highest BCUT2D eigenvalue weighted by Gasteiger charge is 2.33. The number of hydrogen-bond donors (Lipinski definition) is 1. The average Bonchev–Trinajstić information content (AvgIpc) is 3.23. The van der Waals surface area contributed by atoms with E-state index >= 15 is 0 Å². The summed E-state index contributed by atoms with van der Waals surface area (Å²) in [6, 6.07) is 16.1. The predicted octanol–water partition coefficient (Wildman–Crippen LogP) is 4.84. The van der Waals surface area contributed by atoms with Crippen LogP contribution in [-0.4, -0.2) is 46.6 Å². The lowest BCUT2D eigenvalue weighted by atomic mass is 10.2. The lowest BCUT2D eigenvalue weighted by Crippen LogP contribution is -2.39. The quantitative estimate of drug-likeness (QED) is 0.417. The van der Waals surface area contributed by atoms with Gasteiger partial charge in [0.1, 0.15) is 12.3 Å². The van der Waals surface area contributed by atoms with Crippen molar-refractivity contribution in [3.05, 3.63) is 65.7 Å². The minimum absolute atomic E-state index is 0.107. The van der Waals surface area contributed by atoms with Crippen molar-refractivity contribution in [3.8, 4) is 5.75 Å². The highest BCUT2D eigenvalue weighted by Crippen LogP contribution is 2.27. The number of aromatic nitrogens is 2. The molecule has 0 radical (unpaired) electrons. The van der Waals surface area contributed by atoms with Gasteiger partial charge in [0, 0.05) is 13.1 Å². The second-order valence-electron chi connectivity index (χ2n) is 6.71. The minimum Gasteiger partial charge on any atom is -0.497 e. The first kappa shape index (κ1) is 23.9. The molecule has 11 heteroatoms. The zero-order chi connectivity index (χ0) is 23.0. The van der Waals surface area contributed by atoms with Crippen LogP contribution in [0.5, 0.6) is 5.75 Å². The first-order chi connectivity index (χ1) is 15.3. The third kappa shape index (κ3) is 7.72. The molecule has 3 rings (SSSR count). The molecule has 32 heavy (non-hydrogen) atoms. The fourth-order valence-electron chi connectivity index (χ4n) is 2.73. The molecule has 1 N–H and O–H groups in total. The van der Waals surface area contributed by atoms with Crippen LogP contribution < -0.4 is 10.1 Å². The van der Waals surface area contributed by atoms with Gasteiger partial charge < -0.3 is 15.0 Å². The summed E-state index contributed by atoms with van der Waals surface area (Å²) < 4.78 is 44.5. The zero-order valence-corrected chi connectivity index (χ0v) is 18.8. The Labute approximate surface area is 191 Å². The lowest BCUT2D eigenvalue weighted by Gasteiger charge is -2.23. The van der Waals surface area contributed by atoms with E-state index in [9.17, 15) is 18.0 Å². The molecule has 0 unspecified atom stereocenters. The Hall–Kier alpha value is -2.79. The van der Waals surface area contributed by atoms with E-state index in [0.717, 1.165) is 28.0 Å². The maximum Gasteiger partial charge on any atom is 0.406 e. The first-order valence-corrected chi connectivity index (χ1v) is 11.3. The number of benzene rings is 2. The Morgan fingerprint density at radius 2 is 1.81 bits per heavy atom. The minimum atomic E-state index is -4.48. The van der Waals surface area contributed by atoms with Crippen LogP contribution in [0.15, 0.2) is 58.9 Å². The Morgan fingerprint density at radius 1 is 1.09 bits per heavy atom. The number of nitrogens with zero attached hydrogens (tertiary/aromatic N) is 3. The van der Waals surface area contributed by atoms with Gasteiger partial charge in [-0.1, -0.05) is 65.6 Å². The van der Waals surface area contributed by atoms with E-state index in [2.05, 4.69) is 15.5 Å². The second-order valence-corrected chi connectivity index (χ2v) is 8.91. The number of rotatable bonds is 10. The van der Waals surface area contributed by atoms with Gasteiger partial charge in [-0.05, 0) is 23.3 Å². The molecule has 0 atom stereocenters. The Morgan fingerprint density at radius 3 is 2.47 bits per heavy atom. The van der Waals surface area contributed by atoms with Crippen LogP contribution in [0, 0.1) is 0 Å². The molecule has 1 aromatic heterocycles. The van der Waals surface area contributed by atoms with Crippen molar-refractivity contribution in [2.45, 2.75) is 23.6 Å². The summed E-state index contributed by atoms with van der Waals surface area (Å²) >= 11 is 2.31. The van der Waals surface area contributed by atoms with Crippen LogP contribution in [0.2, 0.25) is 0 Å².